The first kappa shape index (κ1) is 40.2. The van der Waals surface area contributed by atoms with Crippen molar-refractivity contribution < 1.29 is 23.3 Å². The molecule has 6 heteroatoms. The van der Waals surface area contributed by atoms with Crippen molar-refractivity contribution in [2.75, 3.05) is 9.80 Å². The van der Waals surface area contributed by atoms with Gasteiger partial charge in [0.2, 0.25) is 0 Å². The van der Waals surface area contributed by atoms with Gasteiger partial charge in [0.15, 0.2) is 0 Å². The van der Waals surface area contributed by atoms with Crippen LogP contribution in [-0.4, -0.2) is 19.0 Å². The van der Waals surface area contributed by atoms with E-state index in [1.54, 1.807) is 23.3 Å². The summed E-state index contributed by atoms with van der Waals surface area (Å²) >= 11 is 1.58. The van der Waals surface area contributed by atoms with Crippen molar-refractivity contribution in [1.29, 1.82) is 0 Å². The van der Waals surface area contributed by atoms with Gasteiger partial charge < -0.3 is 24.7 Å². The van der Waals surface area contributed by atoms with Crippen LogP contribution in [0, 0.1) is 27.0 Å². The molecule has 0 radical (unpaired) electrons. The summed E-state index contributed by atoms with van der Waals surface area (Å²) in [4.78, 5) is 4.87. The van der Waals surface area contributed by atoms with Crippen LogP contribution in [0.1, 0.15) is 53.4 Å². The van der Waals surface area contributed by atoms with E-state index >= 15 is 0 Å². The van der Waals surface area contributed by atoms with Gasteiger partial charge in [0.25, 0.3) is 0 Å². The van der Waals surface area contributed by atoms with E-state index in [1.165, 1.54) is 45.1 Å². The molecule has 42 heavy (non-hydrogen) atoms. The monoisotopic (exact) mass is 694 g/mol. The van der Waals surface area contributed by atoms with Gasteiger partial charge in [0.05, 0.1) is 0 Å². The first-order chi connectivity index (χ1) is 18.7. The van der Waals surface area contributed by atoms with E-state index in [1.807, 2.05) is 6.88 Å². The third-order valence-corrected chi connectivity index (χ3v) is 7.33. The fourth-order valence-corrected chi connectivity index (χ4v) is 5.40. The number of para-hydroxylation sites is 2. The maximum absolute atomic E-state index is 3.51. The first-order valence-corrected chi connectivity index (χ1v) is 19.8. The molecule has 2 aromatic carbocycles. The first-order valence-electron chi connectivity index (χ1n) is 13.8. The van der Waals surface area contributed by atoms with Gasteiger partial charge in [0, 0.05) is 23.5 Å². The molecule has 0 aromatic heterocycles. The molecule has 0 spiro atoms. The summed E-state index contributed by atoms with van der Waals surface area (Å²) < 4.78 is 0. The summed E-state index contributed by atoms with van der Waals surface area (Å²) in [6, 6.07) is 22.2. The van der Waals surface area contributed by atoms with Crippen LogP contribution in [0.2, 0.25) is 0 Å². The van der Waals surface area contributed by atoms with Crippen LogP contribution in [-0.2, 0) is 23.3 Å². The summed E-state index contributed by atoms with van der Waals surface area (Å²) in [5.41, 5.74) is 10.4. The Morgan fingerprint density at radius 3 is 1.24 bits per heavy atom. The normalized spacial score (nSPS) is 18.5. The summed E-state index contributed by atoms with van der Waals surface area (Å²) in [5, 5.41) is 0. The number of rotatable bonds is 6. The van der Waals surface area contributed by atoms with Crippen molar-refractivity contribution in [1.82, 2.24) is 0 Å². The molecule has 2 atom stereocenters. The van der Waals surface area contributed by atoms with Crippen LogP contribution in [0.25, 0.3) is 0 Å². The molecule has 2 aliphatic carbocycles. The van der Waals surface area contributed by atoms with Gasteiger partial charge in [-0.2, -0.15) is 0 Å². The summed E-state index contributed by atoms with van der Waals surface area (Å²) in [7, 11) is 0. The second-order valence-electron chi connectivity index (χ2n) is 9.59. The molecule has 0 saturated carbocycles. The number of halogens is 2. The van der Waals surface area contributed by atoms with Gasteiger partial charge in [0.1, 0.15) is 0 Å². The zero-order chi connectivity index (χ0) is 27.1. The Balaban J connectivity index is 0.000000694. The number of fused-ring (bicyclic) bond motifs is 2. The molecule has 0 amide bonds. The molecular formula is C36H46Cl2N2SiZr-4. The van der Waals surface area contributed by atoms with Crippen LogP contribution >= 0.6 is 24.8 Å². The number of nitrogens with zero attached hydrogens (tertiary/aromatic N) is 2. The molecule has 0 fully saturated rings. The molecule has 4 aliphatic rings. The number of hydrogen-bond acceptors (Lipinski definition) is 2. The predicted octanol–water partition coefficient (Wildman–Crippen LogP) is 9.32. The van der Waals surface area contributed by atoms with Crippen LogP contribution < -0.4 is 9.80 Å². The number of hydrogen-bond donors (Lipinski definition) is 0. The number of anilines is 2. The quantitative estimate of drug-likeness (QED) is 0.220. The summed E-state index contributed by atoms with van der Waals surface area (Å²) in [6.45, 7) is 10.8. The van der Waals surface area contributed by atoms with Gasteiger partial charge in [-0.05, 0) is 49.9 Å². The van der Waals surface area contributed by atoms with Crippen molar-refractivity contribution >= 4 is 43.1 Å². The third kappa shape index (κ3) is 8.63. The minimum absolute atomic E-state index is 0. The van der Waals surface area contributed by atoms with E-state index in [-0.39, 0.29) is 39.7 Å². The Morgan fingerprint density at radius 1 is 0.619 bits per heavy atom. The average Bonchev–Trinajstić information content (AvgIpc) is 3.73. The van der Waals surface area contributed by atoms with Crippen LogP contribution in [0.5, 0.6) is 0 Å². The molecular weight excluding hydrogens is 651 g/mol. The Hall–Kier alpha value is -1.84. The zero-order valence-electron chi connectivity index (χ0n) is 26.0. The van der Waals surface area contributed by atoms with Crippen molar-refractivity contribution in [2.24, 2.45) is 0 Å². The zero-order valence-corrected chi connectivity index (χ0v) is 31.5. The van der Waals surface area contributed by atoms with Gasteiger partial charge in [-0.25, -0.2) is 0 Å². The van der Waals surface area contributed by atoms with Crippen molar-refractivity contribution in [3.63, 3.8) is 0 Å². The second-order valence-corrected chi connectivity index (χ2v) is 9.59. The topological polar surface area (TPSA) is 6.48 Å². The van der Waals surface area contributed by atoms with E-state index in [4.69, 9.17) is 0 Å². The standard InChI is InChI=1S/2C17H18N.2CH3.2ClH.H2Si.Zr/c2*1-3-13-10-14-12-15(4-2)18(17(14)11-13)16-8-6-5-7-9-16;;;;;;/h2*5-9,11-12,15H,3-4H2,1-2H3;2*1H3;2*1H;1H2;/q4*-1;;;;. The number of benzene rings is 2. The molecule has 226 valence electrons. The van der Waals surface area contributed by atoms with Crippen LogP contribution in [0.3, 0.4) is 0 Å². The molecule has 6 rings (SSSR count). The molecule has 0 N–H and O–H groups in total. The van der Waals surface area contributed by atoms with Gasteiger partial charge in [-0.1, -0.05) is 75.5 Å². The third-order valence-electron chi connectivity index (χ3n) is 7.33. The molecule has 0 bridgehead atoms. The van der Waals surface area contributed by atoms with Crippen molar-refractivity contribution in [3.05, 3.63) is 146 Å². The maximum atomic E-state index is 3.51. The Bertz CT molecular complexity index is 1210. The fraction of sp³-hybridized carbons (Fsp3) is 0.278. The molecule has 2 nitrogen and oxygen atoms in total. The van der Waals surface area contributed by atoms with Crippen LogP contribution in [0.15, 0.2) is 119 Å². The summed E-state index contributed by atoms with van der Waals surface area (Å²) in [5.74, 6) is 0. The van der Waals surface area contributed by atoms with E-state index in [0.717, 1.165) is 25.7 Å². The fourth-order valence-electron chi connectivity index (χ4n) is 5.40. The predicted molar refractivity (Wildman–Crippen MR) is 188 cm³/mol. The molecule has 2 unspecified atom stereocenters. The summed E-state index contributed by atoms with van der Waals surface area (Å²) in [6.07, 6.45) is 20.6. The Morgan fingerprint density at radius 2 is 0.952 bits per heavy atom. The Kier molecular flexibility index (Phi) is 18.6. The van der Waals surface area contributed by atoms with Crippen molar-refractivity contribution in [2.45, 2.75) is 65.5 Å². The van der Waals surface area contributed by atoms with E-state index < -0.39 is 0 Å². The minimum atomic E-state index is 0. The molecule has 2 aliphatic heterocycles. The van der Waals surface area contributed by atoms with E-state index in [0.29, 0.717) is 12.1 Å². The van der Waals surface area contributed by atoms with E-state index in [2.05, 4.69) is 135 Å². The van der Waals surface area contributed by atoms with Gasteiger partial charge in [-0.3, -0.25) is 0 Å². The molecule has 0 saturated heterocycles. The SMILES string of the molecule is CCC1=[C-]C2=CC(CC)N(c3ccccc3)C2=C1.CCC1=[C-]C2=CC(CC)N(c3ccccc3)C2=C1.Cl.Cl.[CH3-].[CH3-].[SiH2]=[Zr]. The van der Waals surface area contributed by atoms with E-state index in [9.17, 15) is 0 Å². The van der Waals surface area contributed by atoms with Gasteiger partial charge in [-0.15, -0.1) is 83.6 Å². The Labute approximate surface area is 285 Å². The molecule has 2 heterocycles. The van der Waals surface area contributed by atoms with Crippen molar-refractivity contribution in [3.8, 4) is 0 Å². The number of allylic oxidation sites excluding steroid dienone is 6. The second kappa shape index (κ2) is 19.4. The van der Waals surface area contributed by atoms with Crippen LogP contribution in [0.4, 0.5) is 11.4 Å². The average molecular weight is 697 g/mol. The molecule has 2 aromatic rings. The van der Waals surface area contributed by atoms with Gasteiger partial charge >= 0.3 is 30.2 Å².